The fraction of sp³-hybridized carbons (Fsp3) is 0. The number of hydrogen-bond donors (Lipinski definition) is 2. The van der Waals surface area contributed by atoms with Crippen molar-refractivity contribution in [1.29, 1.82) is 0 Å². The van der Waals surface area contributed by atoms with Crippen molar-refractivity contribution in [2.24, 2.45) is 5.10 Å². The summed E-state index contributed by atoms with van der Waals surface area (Å²) in [4.78, 5) is 7.49. The Balaban J connectivity index is 1.58. The Kier molecular flexibility index (Phi) is 2.67. The van der Waals surface area contributed by atoms with Gasteiger partial charge in [0.1, 0.15) is 5.52 Å². The average Bonchev–Trinajstić information content (AvgIpc) is 3.11. The zero-order chi connectivity index (χ0) is 14.1. The first kappa shape index (κ1) is 11.7. The Morgan fingerprint density at radius 2 is 1.95 bits per heavy atom. The number of anilines is 1. The van der Waals surface area contributed by atoms with E-state index in [-0.39, 0.29) is 0 Å². The second kappa shape index (κ2) is 4.79. The number of H-pyrrole nitrogens is 1. The molecule has 0 unspecified atom stereocenters. The van der Waals surface area contributed by atoms with Gasteiger partial charge in [-0.3, -0.25) is 0 Å². The van der Waals surface area contributed by atoms with Crippen LogP contribution in [-0.2, 0) is 0 Å². The van der Waals surface area contributed by atoms with E-state index in [1.165, 1.54) is 0 Å². The molecule has 102 valence electrons. The van der Waals surface area contributed by atoms with E-state index >= 15 is 0 Å². The molecule has 0 aliphatic rings. The van der Waals surface area contributed by atoms with Crippen molar-refractivity contribution >= 4 is 34.2 Å². The largest absolute Gasteiger partial charge is 0.422 e. The standard InChI is InChI=1S/C16H12N4O/c1-2-6-13-12(5-1)11(9-17-13)10-18-20-16-19-14-7-3-4-8-15(14)21-16/h1-10,17H,(H,19,20)/b18-10-. The van der Waals surface area contributed by atoms with Gasteiger partial charge < -0.3 is 9.40 Å². The van der Waals surface area contributed by atoms with E-state index < -0.39 is 0 Å². The topological polar surface area (TPSA) is 66.2 Å². The maximum atomic E-state index is 5.53. The van der Waals surface area contributed by atoms with Crippen molar-refractivity contribution in [3.05, 3.63) is 60.3 Å². The van der Waals surface area contributed by atoms with Crippen LogP contribution >= 0.6 is 0 Å². The van der Waals surface area contributed by atoms with Crippen LogP contribution in [0.25, 0.3) is 22.0 Å². The molecule has 0 bridgehead atoms. The van der Waals surface area contributed by atoms with Gasteiger partial charge in [-0.05, 0) is 18.2 Å². The quantitative estimate of drug-likeness (QED) is 0.442. The molecule has 0 radical (unpaired) electrons. The van der Waals surface area contributed by atoms with Crippen LogP contribution < -0.4 is 5.43 Å². The van der Waals surface area contributed by atoms with E-state index in [0.717, 1.165) is 27.6 Å². The third-order valence-electron chi connectivity index (χ3n) is 3.28. The first-order chi connectivity index (χ1) is 10.4. The Labute approximate surface area is 120 Å². The van der Waals surface area contributed by atoms with Gasteiger partial charge in [0.2, 0.25) is 0 Å². The number of rotatable bonds is 3. The number of hydrogen-bond acceptors (Lipinski definition) is 4. The van der Waals surface area contributed by atoms with Gasteiger partial charge in [-0.25, -0.2) is 5.43 Å². The van der Waals surface area contributed by atoms with Crippen molar-refractivity contribution in [2.75, 3.05) is 5.43 Å². The normalized spacial score (nSPS) is 11.6. The lowest BCUT2D eigenvalue weighted by atomic mass is 10.2. The lowest BCUT2D eigenvalue weighted by molar-refractivity contribution is 0.617. The molecular weight excluding hydrogens is 264 g/mol. The lowest BCUT2D eigenvalue weighted by Crippen LogP contribution is -1.89. The maximum Gasteiger partial charge on any atom is 0.316 e. The minimum atomic E-state index is 0.382. The molecule has 2 heterocycles. The molecule has 5 heteroatoms. The zero-order valence-electron chi connectivity index (χ0n) is 11.1. The Morgan fingerprint density at radius 3 is 2.90 bits per heavy atom. The highest BCUT2D eigenvalue weighted by molar-refractivity contribution is 5.99. The molecule has 21 heavy (non-hydrogen) atoms. The summed E-state index contributed by atoms with van der Waals surface area (Å²) in [6.07, 6.45) is 3.66. The number of aromatic amines is 1. The van der Waals surface area contributed by atoms with Crippen molar-refractivity contribution in [1.82, 2.24) is 9.97 Å². The first-order valence-corrected chi connectivity index (χ1v) is 6.61. The van der Waals surface area contributed by atoms with Crippen molar-refractivity contribution < 1.29 is 4.42 Å². The van der Waals surface area contributed by atoms with Crippen LogP contribution in [-0.4, -0.2) is 16.2 Å². The lowest BCUT2D eigenvalue weighted by Gasteiger charge is -1.92. The number of nitrogens with zero attached hydrogens (tertiary/aromatic N) is 2. The van der Waals surface area contributed by atoms with Crippen LogP contribution in [0.1, 0.15) is 5.56 Å². The molecule has 0 saturated heterocycles. The summed E-state index contributed by atoms with van der Waals surface area (Å²) in [6.45, 7) is 0. The summed E-state index contributed by atoms with van der Waals surface area (Å²) in [5.41, 5.74) is 6.45. The molecule has 4 rings (SSSR count). The molecule has 2 aromatic carbocycles. The Bertz CT molecular complexity index is 902. The van der Waals surface area contributed by atoms with Crippen LogP contribution in [0.4, 0.5) is 6.01 Å². The van der Waals surface area contributed by atoms with Gasteiger partial charge in [0.05, 0.1) is 6.21 Å². The third-order valence-corrected chi connectivity index (χ3v) is 3.28. The molecule has 0 aliphatic carbocycles. The van der Waals surface area contributed by atoms with E-state index in [2.05, 4.69) is 20.5 Å². The third kappa shape index (κ3) is 2.14. The second-order valence-corrected chi connectivity index (χ2v) is 4.65. The minimum absolute atomic E-state index is 0.382. The van der Waals surface area contributed by atoms with Crippen LogP contribution in [0.15, 0.2) is 64.2 Å². The summed E-state index contributed by atoms with van der Waals surface area (Å²) in [7, 11) is 0. The van der Waals surface area contributed by atoms with Crippen molar-refractivity contribution in [2.45, 2.75) is 0 Å². The van der Waals surface area contributed by atoms with Gasteiger partial charge in [0.15, 0.2) is 5.58 Å². The molecule has 4 aromatic rings. The average molecular weight is 276 g/mol. The summed E-state index contributed by atoms with van der Waals surface area (Å²) in [5, 5.41) is 5.30. The highest BCUT2D eigenvalue weighted by Gasteiger charge is 2.03. The number of para-hydroxylation sites is 3. The van der Waals surface area contributed by atoms with E-state index in [1.54, 1.807) is 6.21 Å². The van der Waals surface area contributed by atoms with Gasteiger partial charge >= 0.3 is 6.01 Å². The molecular formula is C16H12N4O. The molecule has 0 saturated carbocycles. The van der Waals surface area contributed by atoms with Crippen LogP contribution in [0.5, 0.6) is 0 Å². The van der Waals surface area contributed by atoms with Gasteiger partial charge in [-0.1, -0.05) is 30.3 Å². The second-order valence-electron chi connectivity index (χ2n) is 4.65. The molecule has 0 aliphatic heterocycles. The highest BCUT2D eigenvalue weighted by Crippen LogP contribution is 2.18. The van der Waals surface area contributed by atoms with Crippen molar-refractivity contribution in [3.63, 3.8) is 0 Å². The van der Waals surface area contributed by atoms with E-state index in [0.29, 0.717) is 6.01 Å². The SMILES string of the molecule is C(=N/Nc1nc2ccccc2o1)/c1c[nH]c2ccccc12. The number of hydrazone groups is 1. The smallest absolute Gasteiger partial charge is 0.316 e. The zero-order valence-corrected chi connectivity index (χ0v) is 11.1. The first-order valence-electron chi connectivity index (χ1n) is 6.61. The molecule has 2 N–H and O–H groups in total. The predicted octanol–water partition coefficient (Wildman–Crippen LogP) is 3.76. The van der Waals surface area contributed by atoms with E-state index in [4.69, 9.17) is 4.42 Å². The number of fused-ring (bicyclic) bond motifs is 2. The molecule has 0 fully saturated rings. The van der Waals surface area contributed by atoms with E-state index in [9.17, 15) is 0 Å². The Hall–Kier alpha value is -3.08. The van der Waals surface area contributed by atoms with Crippen LogP contribution in [0.3, 0.4) is 0 Å². The summed E-state index contributed by atoms with van der Waals surface area (Å²) >= 11 is 0. The van der Waals surface area contributed by atoms with Gasteiger partial charge in [0, 0.05) is 22.7 Å². The van der Waals surface area contributed by atoms with E-state index in [1.807, 2.05) is 54.7 Å². The fourth-order valence-corrected chi connectivity index (χ4v) is 2.28. The summed E-state index contributed by atoms with van der Waals surface area (Å²) in [5.74, 6) is 0. The monoisotopic (exact) mass is 276 g/mol. The summed E-state index contributed by atoms with van der Waals surface area (Å²) < 4.78 is 5.53. The predicted molar refractivity (Wildman–Crippen MR) is 83.5 cm³/mol. The highest BCUT2D eigenvalue weighted by atomic mass is 16.4. The summed E-state index contributed by atoms with van der Waals surface area (Å²) in [6, 6.07) is 16.1. The van der Waals surface area contributed by atoms with Gasteiger partial charge in [-0.2, -0.15) is 10.1 Å². The molecule has 0 atom stereocenters. The van der Waals surface area contributed by atoms with Gasteiger partial charge in [-0.15, -0.1) is 0 Å². The van der Waals surface area contributed by atoms with Gasteiger partial charge in [0.25, 0.3) is 0 Å². The maximum absolute atomic E-state index is 5.53. The molecule has 0 spiro atoms. The molecule has 5 nitrogen and oxygen atoms in total. The van der Waals surface area contributed by atoms with Crippen LogP contribution in [0.2, 0.25) is 0 Å². The fourth-order valence-electron chi connectivity index (χ4n) is 2.28. The van der Waals surface area contributed by atoms with Crippen molar-refractivity contribution in [3.8, 4) is 0 Å². The number of benzene rings is 2. The molecule has 0 amide bonds. The number of oxazole rings is 1. The minimum Gasteiger partial charge on any atom is -0.422 e. The number of aromatic nitrogens is 2. The number of nitrogens with one attached hydrogen (secondary N) is 2. The van der Waals surface area contributed by atoms with Crippen LogP contribution in [0, 0.1) is 0 Å². The Morgan fingerprint density at radius 1 is 1.10 bits per heavy atom. The molecule has 2 aromatic heterocycles.